The lowest BCUT2D eigenvalue weighted by atomic mass is 9.99. The van der Waals surface area contributed by atoms with Crippen LogP contribution in [0, 0.1) is 11.3 Å². The van der Waals surface area contributed by atoms with Gasteiger partial charge in [-0.1, -0.05) is 0 Å². The largest absolute Gasteiger partial charge is 0.297 e. The van der Waals surface area contributed by atoms with Crippen molar-refractivity contribution in [3.8, 4) is 6.07 Å². The van der Waals surface area contributed by atoms with Gasteiger partial charge in [0.1, 0.15) is 4.75 Å². The van der Waals surface area contributed by atoms with Gasteiger partial charge in [-0.2, -0.15) is 5.26 Å². The molecular formula is C11H11N3S2. The molecule has 0 aromatic carbocycles. The summed E-state index contributed by atoms with van der Waals surface area (Å²) >= 11 is 3.42. The first-order chi connectivity index (χ1) is 7.81. The highest BCUT2D eigenvalue weighted by atomic mass is 32.2. The second-order valence-corrected chi connectivity index (χ2v) is 6.41. The van der Waals surface area contributed by atoms with Gasteiger partial charge in [0.25, 0.3) is 0 Å². The van der Waals surface area contributed by atoms with Crippen molar-refractivity contribution in [3.63, 3.8) is 0 Å². The van der Waals surface area contributed by atoms with E-state index in [1.54, 1.807) is 23.1 Å². The fraction of sp³-hybridized carbons (Fsp3) is 0.455. The molecule has 2 aromatic heterocycles. The van der Waals surface area contributed by atoms with Gasteiger partial charge in [0.05, 0.1) is 11.8 Å². The third-order valence-corrected chi connectivity index (χ3v) is 5.17. The van der Waals surface area contributed by atoms with E-state index in [1.807, 2.05) is 22.2 Å². The molecule has 3 nitrogen and oxygen atoms in total. The maximum atomic E-state index is 9.30. The normalized spacial score (nSPS) is 24.9. The Morgan fingerprint density at radius 2 is 2.56 bits per heavy atom. The molecule has 0 radical (unpaired) electrons. The van der Waals surface area contributed by atoms with Crippen LogP contribution in [0.5, 0.6) is 0 Å². The van der Waals surface area contributed by atoms with Gasteiger partial charge in [-0.3, -0.25) is 4.40 Å². The first-order valence-electron chi connectivity index (χ1n) is 5.28. The molecule has 0 N–H and O–H groups in total. The Morgan fingerprint density at radius 1 is 1.62 bits per heavy atom. The number of hydrogen-bond donors (Lipinski definition) is 0. The standard InChI is InChI=1S/C11H11N3S2/c12-8-11(2-1-4-16-11)6-9-7-14-3-5-15-10(14)13-9/h3,5,7H,1-2,4,6H2. The second-order valence-electron chi connectivity index (χ2n) is 4.06. The topological polar surface area (TPSA) is 41.1 Å². The molecule has 82 valence electrons. The maximum absolute atomic E-state index is 9.30. The van der Waals surface area contributed by atoms with E-state index in [2.05, 4.69) is 11.1 Å². The molecule has 0 saturated carbocycles. The van der Waals surface area contributed by atoms with Gasteiger partial charge in [-0.25, -0.2) is 4.98 Å². The van der Waals surface area contributed by atoms with Crippen LogP contribution in [0.3, 0.4) is 0 Å². The van der Waals surface area contributed by atoms with Crippen molar-refractivity contribution in [2.24, 2.45) is 0 Å². The molecule has 3 rings (SSSR count). The van der Waals surface area contributed by atoms with Gasteiger partial charge in [0, 0.05) is 24.2 Å². The molecule has 0 spiro atoms. The van der Waals surface area contributed by atoms with E-state index >= 15 is 0 Å². The lowest BCUT2D eigenvalue weighted by molar-refractivity contribution is 0.664. The van der Waals surface area contributed by atoms with Crippen molar-refractivity contribution < 1.29 is 0 Å². The molecule has 0 amide bonds. The van der Waals surface area contributed by atoms with Crippen LogP contribution in [0.4, 0.5) is 0 Å². The number of fused-ring (bicyclic) bond motifs is 1. The molecule has 5 heteroatoms. The Bertz CT molecular complexity index is 514. The van der Waals surface area contributed by atoms with Crippen LogP contribution < -0.4 is 0 Å². The highest BCUT2D eigenvalue weighted by molar-refractivity contribution is 8.01. The third-order valence-electron chi connectivity index (χ3n) is 2.92. The molecule has 0 bridgehead atoms. The molecule has 1 atom stereocenters. The van der Waals surface area contributed by atoms with E-state index in [0.29, 0.717) is 0 Å². The zero-order chi connectivity index (χ0) is 11.0. The molecular weight excluding hydrogens is 238 g/mol. The summed E-state index contributed by atoms with van der Waals surface area (Å²) < 4.78 is 1.81. The van der Waals surface area contributed by atoms with Crippen LogP contribution in [0.25, 0.3) is 4.96 Å². The average Bonchev–Trinajstić information content (AvgIpc) is 2.93. The summed E-state index contributed by atoms with van der Waals surface area (Å²) in [4.78, 5) is 5.57. The first kappa shape index (κ1) is 10.2. The Hall–Kier alpha value is -0.990. The minimum Gasteiger partial charge on any atom is -0.297 e. The van der Waals surface area contributed by atoms with Crippen molar-refractivity contribution in [1.29, 1.82) is 5.26 Å². The molecule has 3 heterocycles. The van der Waals surface area contributed by atoms with E-state index in [-0.39, 0.29) is 4.75 Å². The lowest BCUT2D eigenvalue weighted by Crippen LogP contribution is -2.21. The average molecular weight is 249 g/mol. The zero-order valence-corrected chi connectivity index (χ0v) is 10.4. The van der Waals surface area contributed by atoms with Crippen LogP contribution in [-0.2, 0) is 6.42 Å². The van der Waals surface area contributed by atoms with Gasteiger partial charge in [0.15, 0.2) is 4.96 Å². The van der Waals surface area contributed by atoms with Crippen molar-refractivity contribution in [2.75, 3.05) is 5.75 Å². The summed E-state index contributed by atoms with van der Waals surface area (Å²) in [7, 11) is 0. The summed E-state index contributed by atoms with van der Waals surface area (Å²) in [6.45, 7) is 0. The van der Waals surface area contributed by atoms with Crippen molar-refractivity contribution in [1.82, 2.24) is 9.38 Å². The zero-order valence-electron chi connectivity index (χ0n) is 8.72. The predicted octanol–water partition coefficient (Wildman–Crippen LogP) is 2.73. The summed E-state index contributed by atoms with van der Waals surface area (Å²) in [6, 6.07) is 2.48. The number of nitrogens with zero attached hydrogens (tertiary/aromatic N) is 3. The van der Waals surface area contributed by atoms with Crippen molar-refractivity contribution >= 4 is 28.1 Å². The first-order valence-corrected chi connectivity index (χ1v) is 7.14. The Morgan fingerprint density at radius 3 is 3.25 bits per heavy atom. The Balaban J connectivity index is 1.89. The molecule has 1 unspecified atom stereocenters. The number of thioether (sulfide) groups is 1. The summed E-state index contributed by atoms with van der Waals surface area (Å²) in [5.41, 5.74) is 1.04. The predicted molar refractivity (Wildman–Crippen MR) is 66.8 cm³/mol. The molecule has 2 aromatic rings. The van der Waals surface area contributed by atoms with E-state index < -0.39 is 0 Å². The summed E-state index contributed by atoms with van der Waals surface area (Å²) in [5, 5.41) is 11.3. The minimum atomic E-state index is -0.218. The smallest absolute Gasteiger partial charge is 0.193 e. The molecule has 1 fully saturated rings. The third kappa shape index (κ3) is 1.62. The highest BCUT2D eigenvalue weighted by Crippen LogP contribution is 2.40. The minimum absolute atomic E-state index is 0.218. The van der Waals surface area contributed by atoms with E-state index in [4.69, 9.17) is 0 Å². The van der Waals surface area contributed by atoms with Crippen LogP contribution >= 0.6 is 23.1 Å². The van der Waals surface area contributed by atoms with Crippen molar-refractivity contribution in [3.05, 3.63) is 23.5 Å². The molecule has 1 saturated heterocycles. The summed E-state index contributed by atoms with van der Waals surface area (Å²) in [6.07, 6.45) is 6.99. The number of nitriles is 1. The Kier molecular flexibility index (Phi) is 2.41. The molecule has 1 aliphatic rings. The molecule has 1 aliphatic heterocycles. The lowest BCUT2D eigenvalue weighted by Gasteiger charge is -2.17. The van der Waals surface area contributed by atoms with Crippen molar-refractivity contribution in [2.45, 2.75) is 24.0 Å². The molecule has 0 aliphatic carbocycles. The van der Waals surface area contributed by atoms with Gasteiger partial charge in [-0.15, -0.1) is 23.1 Å². The van der Waals surface area contributed by atoms with Gasteiger partial charge in [0.2, 0.25) is 0 Å². The van der Waals surface area contributed by atoms with Crippen LogP contribution in [0.2, 0.25) is 0 Å². The van der Waals surface area contributed by atoms with Gasteiger partial charge in [-0.05, 0) is 18.6 Å². The fourth-order valence-electron chi connectivity index (χ4n) is 2.12. The number of hydrogen-bond acceptors (Lipinski definition) is 4. The van der Waals surface area contributed by atoms with E-state index in [9.17, 15) is 5.26 Å². The monoisotopic (exact) mass is 249 g/mol. The second kappa shape index (κ2) is 3.79. The van der Waals surface area contributed by atoms with Crippen LogP contribution in [0.1, 0.15) is 18.5 Å². The quantitative estimate of drug-likeness (QED) is 0.821. The molecule has 16 heavy (non-hydrogen) atoms. The number of rotatable bonds is 2. The fourth-order valence-corrected chi connectivity index (χ4v) is 4.12. The number of aromatic nitrogens is 2. The number of imidazole rings is 1. The van der Waals surface area contributed by atoms with E-state index in [0.717, 1.165) is 35.7 Å². The van der Waals surface area contributed by atoms with Crippen LogP contribution in [0.15, 0.2) is 17.8 Å². The Labute approximate surface area is 102 Å². The van der Waals surface area contributed by atoms with E-state index in [1.165, 1.54) is 0 Å². The SMILES string of the molecule is N#CC1(Cc2cn3ccsc3n2)CCCS1. The summed E-state index contributed by atoms with van der Waals surface area (Å²) in [5.74, 6) is 1.11. The van der Waals surface area contributed by atoms with Gasteiger partial charge < -0.3 is 0 Å². The van der Waals surface area contributed by atoms with Gasteiger partial charge >= 0.3 is 0 Å². The highest BCUT2D eigenvalue weighted by Gasteiger charge is 2.35. The maximum Gasteiger partial charge on any atom is 0.193 e. The van der Waals surface area contributed by atoms with Crippen LogP contribution in [-0.4, -0.2) is 19.9 Å². The number of thiazole rings is 1.